The molecule has 3 aromatic carbocycles. The lowest BCUT2D eigenvalue weighted by Gasteiger charge is -2.23. The minimum Gasteiger partial charge on any atom is -0.371 e. The fourth-order valence-corrected chi connectivity index (χ4v) is 5.65. The summed E-state index contributed by atoms with van der Waals surface area (Å²) in [6.07, 6.45) is 5.41. The molecule has 2 aromatic heterocycles. The van der Waals surface area contributed by atoms with Crippen LogP contribution in [0.4, 0.5) is 21.5 Å². The van der Waals surface area contributed by atoms with Gasteiger partial charge in [0, 0.05) is 27.3 Å². The topological polar surface area (TPSA) is 103 Å². The summed E-state index contributed by atoms with van der Waals surface area (Å²) in [5.41, 5.74) is 4.09. The number of fused-ring (bicyclic) bond motifs is 1. The second-order valence-electron chi connectivity index (χ2n) is 10.00. The number of nitrogens with zero attached hydrogens (tertiary/aromatic N) is 5. The fraction of sp³-hybridized carbons (Fsp3) is 0.200. The van der Waals surface area contributed by atoms with Gasteiger partial charge in [-0.3, -0.25) is 4.98 Å². The van der Waals surface area contributed by atoms with Gasteiger partial charge in [-0.25, -0.2) is 9.07 Å². The first-order chi connectivity index (χ1) is 20.4. The first kappa shape index (κ1) is 28.2. The molecule has 1 fully saturated rings. The van der Waals surface area contributed by atoms with Crippen LogP contribution in [0.5, 0.6) is 0 Å². The van der Waals surface area contributed by atoms with Gasteiger partial charge < -0.3 is 16.0 Å². The summed E-state index contributed by atoms with van der Waals surface area (Å²) < 4.78 is 15.7. The molecule has 8 nitrogen and oxygen atoms in total. The van der Waals surface area contributed by atoms with Crippen LogP contribution in [-0.2, 0) is 0 Å². The van der Waals surface area contributed by atoms with Crippen molar-refractivity contribution >= 4 is 62.8 Å². The Hall–Kier alpha value is -3.94. The highest BCUT2D eigenvalue weighted by molar-refractivity contribution is 6.32. The van der Waals surface area contributed by atoms with Crippen LogP contribution in [0, 0.1) is 17.1 Å². The quantitative estimate of drug-likeness (QED) is 0.171. The van der Waals surface area contributed by atoms with Crippen molar-refractivity contribution in [3.05, 3.63) is 105 Å². The SMILES string of the molecule is N#Cc1cnc2c(N[C@H](c3ccc(Cl)cc3)c3cn(C4CCNCC4)nn3)cc(Cl)cc2c1Nc1ccc(F)c(Cl)c1. The van der Waals surface area contributed by atoms with E-state index in [-0.39, 0.29) is 16.6 Å². The highest BCUT2D eigenvalue weighted by Gasteiger charge is 2.23. The van der Waals surface area contributed by atoms with E-state index in [1.165, 1.54) is 18.3 Å². The molecule has 0 aliphatic carbocycles. The number of rotatable bonds is 7. The minimum atomic E-state index is -0.540. The number of anilines is 3. The van der Waals surface area contributed by atoms with Gasteiger partial charge in [0.25, 0.3) is 0 Å². The van der Waals surface area contributed by atoms with Crippen LogP contribution in [0.1, 0.15) is 41.7 Å². The molecular weight excluding hydrogens is 598 g/mol. The molecule has 0 saturated carbocycles. The van der Waals surface area contributed by atoms with Crippen molar-refractivity contribution in [1.82, 2.24) is 25.3 Å². The summed E-state index contributed by atoms with van der Waals surface area (Å²) in [6, 6.07) is 17.3. The number of nitriles is 1. The van der Waals surface area contributed by atoms with E-state index in [4.69, 9.17) is 34.8 Å². The van der Waals surface area contributed by atoms with Crippen molar-refractivity contribution in [2.24, 2.45) is 0 Å². The van der Waals surface area contributed by atoms with Crippen LogP contribution in [0.2, 0.25) is 15.1 Å². The van der Waals surface area contributed by atoms with E-state index in [0.29, 0.717) is 38.0 Å². The fourth-order valence-electron chi connectivity index (χ4n) is 5.13. The highest BCUT2D eigenvalue weighted by atomic mass is 35.5. The zero-order valence-corrected chi connectivity index (χ0v) is 24.3. The molecule has 3 heterocycles. The van der Waals surface area contributed by atoms with Gasteiger partial charge in [-0.1, -0.05) is 52.1 Å². The van der Waals surface area contributed by atoms with Crippen LogP contribution >= 0.6 is 34.8 Å². The molecule has 0 unspecified atom stereocenters. The Morgan fingerprint density at radius 1 is 1.02 bits per heavy atom. The molecule has 42 heavy (non-hydrogen) atoms. The lowest BCUT2D eigenvalue weighted by Crippen LogP contribution is -2.29. The first-order valence-corrected chi connectivity index (χ1v) is 14.4. The van der Waals surface area contributed by atoms with E-state index in [9.17, 15) is 9.65 Å². The van der Waals surface area contributed by atoms with Gasteiger partial charge in [0.15, 0.2) is 0 Å². The summed E-state index contributed by atoms with van der Waals surface area (Å²) >= 11 is 18.9. The predicted octanol–water partition coefficient (Wildman–Crippen LogP) is 7.67. The van der Waals surface area contributed by atoms with Crippen molar-refractivity contribution in [1.29, 1.82) is 5.26 Å². The standard InChI is InChI=1S/C30H24Cl3FN8/c31-19-3-1-17(2-4-19)29(27-16-42(41-40-27)22-7-9-36-10-8-22)39-26-12-20(32)11-23-28(18(14-35)15-37-30(23)26)38-21-5-6-25(34)24(33)13-21/h1-6,11-13,15-16,22,29,36,39H,7-10H2,(H,37,38)/t29-/m1/s1. The Kier molecular flexibility index (Phi) is 8.13. The number of halogens is 4. The first-order valence-electron chi connectivity index (χ1n) is 13.3. The number of pyridine rings is 1. The summed E-state index contributed by atoms with van der Waals surface area (Å²) in [5.74, 6) is -0.540. The van der Waals surface area contributed by atoms with Crippen molar-refractivity contribution in [2.45, 2.75) is 24.9 Å². The van der Waals surface area contributed by atoms with E-state index in [2.05, 4.69) is 37.3 Å². The normalized spacial score (nSPS) is 14.5. The van der Waals surface area contributed by atoms with Gasteiger partial charge in [-0.15, -0.1) is 5.10 Å². The third-order valence-corrected chi connectivity index (χ3v) is 8.02. The molecule has 5 aromatic rings. The molecule has 0 bridgehead atoms. The van der Waals surface area contributed by atoms with Crippen molar-refractivity contribution in [3.8, 4) is 6.07 Å². The van der Waals surface area contributed by atoms with E-state index in [1.54, 1.807) is 18.2 Å². The zero-order valence-electron chi connectivity index (χ0n) is 22.1. The van der Waals surface area contributed by atoms with Gasteiger partial charge in [0.05, 0.1) is 45.8 Å². The summed E-state index contributed by atoms with van der Waals surface area (Å²) in [5, 5.41) is 30.7. The molecule has 1 atom stereocenters. The molecule has 0 spiro atoms. The molecule has 3 N–H and O–H groups in total. The number of piperidine rings is 1. The molecule has 0 radical (unpaired) electrons. The zero-order chi connectivity index (χ0) is 29.2. The van der Waals surface area contributed by atoms with E-state index >= 15 is 0 Å². The summed E-state index contributed by atoms with van der Waals surface area (Å²) in [4.78, 5) is 4.62. The lowest BCUT2D eigenvalue weighted by atomic mass is 10.0. The van der Waals surface area contributed by atoms with Gasteiger partial charge in [-0.2, -0.15) is 5.26 Å². The van der Waals surface area contributed by atoms with Gasteiger partial charge >= 0.3 is 0 Å². The molecule has 1 saturated heterocycles. The third kappa shape index (κ3) is 5.85. The largest absolute Gasteiger partial charge is 0.371 e. The number of hydrogen-bond acceptors (Lipinski definition) is 7. The molecule has 1 aliphatic rings. The minimum absolute atomic E-state index is 0.0411. The van der Waals surface area contributed by atoms with Crippen molar-refractivity contribution in [2.75, 3.05) is 23.7 Å². The highest BCUT2D eigenvalue weighted by Crippen LogP contribution is 2.38. The van der Waals surface area contributed by atoms with Gasteiger partial charge in [0.1, 0.15) is 17.6 Å². The lowest BCUT2D eigenvalue weighted by molar-refractivity contribution is 0.337. The third-order valence-electron chi connectivity index (χ3n) is 7.26. The average molecular weight is 622 g/mol. The second kappa shape index (κ2) is 12.1. The van der Waals surface area contributed by atoms with E-state index in [0.717, 1.165) is 37.2 Å². The maximum atomic E-state index is 13.8. The van der Waals surface area contributed by atoms with Gasteiger partial charge in [-0.05, 0) is 74.0 Å². The summed E-state index contributed by atoms with van der Waals surface area (Å²) in [6.45, 7) is 1.87. The smallest absolute Gasteiger partial charge is 0.141 e. The van der Waals surface area contributed by atoms with Crippen LogP contribution in [0.15, 0.2) is 67.0 Å². The summed E-state index contributed by atoms with van der Waals surface area (Å²) in [7, 11) is 0. The Morgan fingerprint density at radius 2 is 1.81 bits per heavy atom. The number of nitrogens with one attached hydrogen (secondary N) is 3. The predicted molar refractivity (Wildman–Crippen MR) is 164 cm³/mol. The van der Waals surface area contributed by atoms with Crippen LogP contribution in [-0.4, -0.2) is 33.1 Å². The maximum Gasteiger partial charge on any atom is 0.141 e. The molecule has 12 heteroatoms. The van der Waals surface area contributed by atoms with Crippen molar-refractivity contribution < 1.29 is 4.39 Å². The Bertz CT molecular complexity index is 1800. The Labute approximate surface area is 256 Å². The van der Waals surface area contributed by atoms with Crippen LogP contribution in [0.25, 0.3) is 10.9 Å². The van der Waals surface area contributed by atoms with Gasteiger partial charge in [0.2, 0.25) is 0 Å². The number of hydrogen-bond donors (Lipinski definition) is 3. The Balaban J connectivity index is 1.43. The Morgan fingerprint density at radius 3 is 2.55 bits per heavy atom. The van der Waals surface area contributed by atoms with Crippen LogP contribution in [0.3, 0.4) is 0 Å². The van der Waals surface area contributed by atoms with Crippen molar-refractivity contribution in [3.63, 3.8) is 0 Å². The second-order valence-corrected chi connectivity index (χ2v) is 11.3. The number of benzene rings is 3. The van der Waals surface area contributed by atoms with Crippen LogP contribution < -0.4 is 16.0 Å². The molecule has 6 rings (SSSR count). The molecular formula is C30H24Cl3FN8. The molecule has 212 valence electrons. The van der Waals surface area contributed by atoms with E-state index in [1.807, 2.05) is 35.1 Å². The molecule has 0 amide bonds. The molecule has 1 aliphatic heterocycles. The van der Waals surface area contributed by atoms with E-state index < -0.39 is 11.9 Å². The maximum absolute atomic E-state index is 13.8. The number of aromatic nitrogens is 4. The monoisotopic (exact) mass is 620 g/mol. The average Bonchev–Trinajstić information content (AvgIpc) is 3.49.